The Balaban J connectivity index is 0.00000121. The average molecular weight is 526 g/mol. The normalized spacial score (nSPS) is 10.3. The van der Waals surface area contributed by atoms with Crippen LogP contribution in [0.5, 0.6) is 17.4 Å². The van der Waals surface area contributed by atoms with Crippen LogP contribution in [0.4, 0.5) is 5.95 Å². The third-order valence-corrected chi connectivity index (χ3v) is 5.61. The van der Waals surface area contributed by atoms with E-state index in [0.29, 0.717) is 47.0 Å². The van der Waals surface area contributed by atoms with Crippen molar-refractivity contribution in [2.45, 2.75) is 20.3 Å². The quantitative estimate of drug-likeness (QED) is 0.232. The van der Waals surface area contributed by atoms with E-state index in [-0.39, 0.29) is 6.61 Å². The largest absolute Gasteiger partial charge is 0.494 e. The zero-order valence-corrected chi connectivity index (χ0v) is 22.3. The Morgan fingerprint density at radius 3 is 2.22 bits per heavy atom. The van der Waals surface area contributed by atoms with Gasteiger partial charge in [0.1, 0.15) is 28.7 Å². The van der Waals surface area contributed by atoms with E-state index in [4.69, 9.17) is 19.3 Å². The van der Waals surface area contributed by atoms with E-state index in [9.17, 15) is 0 Å². The van der Waals surface area contributed by atoms with Crippen LogP contribution in [0.2, 0.25) is 0 Å². The molecule has 0 saturated carbocycles. The van der Waals surface area contributed by atoms with Crippen molar-refractivity contribution in [2.75, 3.05) is 38.4 Å². The molecule has 1 aromatic carbocycles. The Labute approximate surface area is 220 Å². The molecular formula is C25H31N7O4S. The van der Waals surface area contributed by atoms with Crippen LogP contribution in [0.1, 0.15) is 18.3 Å². The van der Waals surface area contributed by atoms with E-state index in [2.05, 4.69) is 29.9 Å². The molecule has 4 rings (SSSR count). The second kappa shape index (κ2) is 14.0. The minimum Gasteiger partial charge on any atom is -0.494 e. The van der Waals surface area contributed by atoms with Gasteiger partial charge in [-0.3, -0.25) is 9.29 Å². The Morgan fingerprint density at radius 1 is 0.946 bits per heavy atom. The van der Waals surface area contributed by atoms with Crippen molar-refractivity contribution in [3.63, 3.8) is 0 Å². The van der Waals surface area contributed by atoms with E-state index < -0.39 is 0 Å². The molecule has 0 spiro atoms. The molecule has 11 nitrogen and oxygen atoms in total. The molecule has 4 aromatic rings. The van der Waals surface area contributed by atoms with Crippen LogP contribution in [0.25, 0.3) is 17.2 Å². The molecule has 12 heteroatoms. The van der Waals surface area contributed by atoms with Crippen LogP contribution in [-0.4, -0.2) is 68.5 Å². The van der Waals surface area contributed by atoms with E-state index in [1.807, 2.05) is 54.2 Å². The highest BCUT2D eigenvalue weighted by atomic mass is 32.2. The molecule has 37 heavy (non-hydrogen) atoms. The standard InChI is InChI=1S/C23H25N7O3S.C2H6O/c1-15-13-24-19(25-14-15)11-12-34-29-23-28-27-22(16-7-5-10-20(26-16)33-4)30(23)21-17(31-2)8-6-9-18(21)32-3;1-2-3/h5-10,13-14H,11-12H2,1-4H3,(H,28,29);3H,2H2,1H3. The predicted octanol–water partition coefficient (Wildman–Crippen LogP) is 3.75. The molecule has 0 unspecified atom stereocenters. The van der Waals surface area contributed by atoms with Gasteiger partial charge in [0.15, 0.2) is 5.82 Å². The number of hydrogen-bond donors (Lipinski definition) is 2. The van der Waals surface area contributed by atoms with Crippen molar-refractivity contribution < 1.29 is 19.3 Å². The fourth-order valence-electron chi connectivity index (χ4n) is 3.24. The molecule has 2 N–H and O–H groups in total. The number of nitrogens with one attached hydrogen (secondary N) is 1. The Morgan fingerprint density at radius 2 is 1.59 bits per heavy atom. The van der Waals surface area contributed by atoms with Crippen molar-refractivity contribution in [1.29, 1.82) is 0 Å². The molecule has 0 radical (unpaired) electrons. The number of benzene rings is 1. The molecule has 3 aromatic heterocycles. The smallest absolute Gasteiger partial charge is 0.239 e. The summed E-state index contributed by atoms with van der Waals surface area (Å²) in [5, 5.41) is 16.4. The lowest BCUT2D eigenvalue weighted by molar-refractivity contribution is 0.318. The number of rotatable bonds is 10. The first-order valence-electron chi connectivity index (χ1n) is 11.5. The molecule has 0 bridgehead atoms. The molecule has 0 saturated heterocycles. The average Bonchev–Trinajstić information content (AvgIpc) is 3.35. The number of aliphatic hydroxyl groups is 1. The van der Waals surface area contributed by atoms with Crippen molar-refractivity contribution in [2.24, 2.45) is 0 Å². The summed E-state index contributed by atoms with van der Waals surface area (Å²) in [7, 11) is 4.78. The van der Waals surface area contributed by atoms with Gasteiger partial charge in [0.2, 0.25) is 11.8 Å². The highest BCUT2D eigenvalue weighted by Gasteiger charge is 2.23. The van der Waals surface area contributed by atoms with Crippen molar-refractivity contribution >= 4 is 17.9 Å². The molecule has 0 aliphatic rings. The van der Waals surface area contributed by atoms with Crippen LogP contribution in [0, 0.1) is 6.92 Å². The lowest BCUT2D eigenvalue weighted by Crippen LogP contribution is -2.08. The first-order chi connectivity index (χ1) is 18.1. The summed E-state index contributed by atoms with van der Waals surface area (Å²) in [6.45, 7) is 3.90. The fourth-order valence-corrected chi connectivity index (χ4v) is 3.89. The van der Waals surface area contributed by atoms with Gasteiger partial charge in [-0.2, -0.15) is 0 Å². The van der Waals surface area contributed by atoms with E-state index in [1.54, 1.807) is 34.3 Å². The van der Waals surface area contributed by atoms with Gasteiger partial charge in [0.05, 0.1) is 21.3 Å². The van der Waals surface area contributed by atoms with Crippen LogP contribution in [-0.2, 0) is 6.42 Å². The van der Waals surface area contributed by atoms with Crippen molar-refractivity contribution in [3.05, 3.63) is 60.2 Å². The van der Waals surface area contributed by atoms with E-state index >= 15 is 0 Å². The van der Waals surface area contributed by atoms with Gasteiger partial charge in [0, 0.05) is 37.2 Å². The molecule has 196 valence electrons. The van der Waals surface area contributed by atoms with Gasteiger partial charge in [-0.05, 0) is 49.6 Å². The monoisotopic (exact) mass is 525 g/mol. The molecule has 0 aliphatic heterocycles. The van der Waals surface area contributed by atoms with Gasteiger partial charge in [0.25, 0.3) is 0 Å². The van der Waals surface area contributed by atoms with E-state index in [1.165, 1.54) is 11.9 Å². The first-order valence-corrected chi connectivity index (χ1v) is 12.5. The lowest BCUT2D eigenvalue weighted by atomic mass is 10.2. The summed E-state index contributed by atoms with van der Waals surface area (Å²) in [5.74, 6) is 4.19. The van der Waals surface area contributed by atoms with Crippen LogP contribution in [0.15, 0.2) is 48.8 Å². The van der Waals surface area contributed by atoms with Gasteiger partial charge in [-0.25, -0.2) is 15.0 Å². The minimum atomic E-state index is 0.250. The summed E-state index contributed by atoms with van der Waals surface area (Å²) >= 11 is 1.48. The van der Waals surface area contributed by atoms with E-state index in [0.717, 1.165) is 17.1 Å². The maximum Gasteiger partial charge on any atom is 0.239 e. The molecular weight excluding hydrogens is 494 g/mol. The van der Waals surface area contributed by atoms with Crippen molar-refractivity contribution in [3.8, 4) is 34.6 Å². The molecule has 0 fully saturated rings. The Kier molecular flexibility index (Phi) is 10.5. The lowest BCUT2D eigenvalue weighted by Gasteiger charge is -2.17. The zero-order valence-electron chi connectivity index (χ0n) is 21.5. The third kappa shape index (κ3) is 7.08. The Hall–Kier alpha value is -3.90. The molecule has 0 atom stereocenters. The van der Waals surface area contributed by atoms with Gasteiger partial charge in [-0.15, -0.1) is 10.2 Å². The summed E-state index contributed by atoms with van der Waals surface area (Å²) in [6, 6.07) is 11.0. The highest BCUT2D eigenvalue weighted by Crippen LogP contribution is 2.37. The number of para-hydroxylation sites is 1. The number of aliphatic hydroxyl groups excluding tert-OH is 1. The number of ether oxygens (including phenoxy) is 3. The van der Waals surface area contributed by atoms with Crippen molar-refractivity contribution in [1.82, 2.24) is 29.7 Å². The van der Waals surface area contributed by atoms with Crippen LogP contribution >= 0.6 is 11.9 Å². The summed E-state index contributed by atoms with van der Waals surface area (Å²) in [4.78, 5) is 13.2. The topological polar surface area (TPSA) is 129 Å². The highest BCUT2D eigenvalue weighted by molar-refractivity contribution is 8.00. The minimum absolute atomic E-state index is 0.250. The van der Waals surface area contributed by atoms with Crippen LogP contribution < -0.4 is 18.9 Å². The first kappa shape index (κ1) is 27.7. The van der Waals surface area contributed by atoms with Gasteiger partial charge < -0.3 is 19.3 Å². The summed E-state index contributed by atoms with van der Waals surface area (Å²) < 4.78 is 21.7. The Bertz CT molecular complexity index is 1250. The molecule has 0 amide bonds. The van der Waals surface area contributed by atoms with Crippen LogP contribution in [0.3, 0.4) is 0 Å². The number of nitrogens with zero attached hydrogens (tertiary/aromatic N) is 6. The fraction of sp³-hybridized carbons (Fsp3) is 0.320. The summed E-state index contributed by atoms with van der Waals surface area (Å²) in [5.41, 5.74) is 2.28. The predicted molar refractivity (Wildman–Crippen MR) is 144 cm³/mol. The maximum atomic E-state index is 7.57. The second-order valence-electron chi connectivity index (χ2n) is 7.45. The molecule has 3 heterocycles. The zero-order chi connectivity index (χ0) is 26.6. The maximum absolute atomic E-state index is 7.57. The number of aromatic nitrogens is 6. The summed E-state index contributed by atoms with van der Waals surface area (Å²) in [6.07, 6.45) is 4.34. The second-order valence-corrected chi connectivity index (χ2v) is 8.35. The SMILES string of the molecule is CCO.COc1cccc(-c2nnc(NSCCc3ncc(C)cn3)n2-c2c(OC)cccc2OC)n1. The number of pyridine rings is 1. The van der Waals surface area contributed by atoms with Gasteiger partial charge in [-0.1, -0.05) is 12.1 Å². The van der Waals surface area contributed by atoms with Gasteiger partial charge >= 0.3 is 0 Å². The number of anilines is 1. The number of methoxy groups -OCH3 is 3. The third-order valence-electron chi connectivity index (χ3n) is 4.88. The number of hydrogen-bond acceptors (Lipinski definition) is 11. The number of aryl methyl sites for hydroxylation is 2. The molecule has 0 aliphatic carbocycles.